The van der Waals surface area contributed by atoms with Crippen LogP contribution in [0, 0.1) is 0 Å². The molecule has 2 amide bonds. The SMILES string of the molecule is O=C(Nc1nc(-c2ccccc2Cl)cs1)c1ccc(C(=O)N2CCOCC2)cc1. The van der Waals surface area contributed by atoms with E-state index in [9.17, 15) is 9.59 Å². The Bertz CT molecular complexity index is 1030. The second-order valence-electron chi connectivity index (χ2n) is 6.45. The number of hydrogen-bond donors (Lipinski definition) is 1. The Labute approximate surface area is 177 Å². The minimum Gasteiger partial charge on any atom is -0.378 e. The van der Waals surface area contributed by atoms with Gasteiger partial charge in [-0.1, -0.05) is 29.8 Å². The number of nitrogens with one attached hydrogen (secondary N) is 1. The molecular weight excluding hydrogens is 410 g/mol. The van der Waals surface area contributed by atoms with E-state index in [0.717, 1.165) is 5.56 Å². The molecule has 0 bridgehead atoms. The van der Waals surface area contributed by atoms with Crippen LogP contribution in [0.3, 0.4) is 0 Å². The van der Waals surface area contributed by atoms with E-state index in [4.69, 9.17) is 16.3 Å². The van der Waals surface area contributed by atoms with E-state index in [0.29, 0.717) is 53.3 Å². The summed E-state index contributed by atoms with van der Waals surface area (Å²) in [4.78, 5) is 31.2. The lowest BCUT2D eigenvalue weighted by atomic mass is 10.1. The third-order valence-electron chi connectivity index (χ3n) is 4.57. The predicted molar refractivity (Wildman–Crippen MR) is 114 cm³/mol. The molecule has 29 heavy (non-hydrogen) atoms. The highest BCUT2D eigenvalue weighted by atomic mass is 35.5. The molecule has 1 saturated heterocycles. The average Bonchev–Trinajstić information content (AvgIpc) is 3.22. The van der Waals surface area contributed by atoms with Crippen molar-refractivity contribution >= 4 is 39.9 Å². The number of ether oxygens (including phenoxy) is 1. The molecule has 0 unspecified atom stereocenters. The van der Waals surface area contributed by atoms with E-state index in [-0.39, 0.29) is 11.8 Å². The van der Waals surface area contributed by atoms with Crippen LogP contribution in [-0.4, -0.2) is 48.0 Å². The molecule has 0 saturated carbocycles. The van der Waals surface area contributed by atoms with Crippen LogP contribution < -0.4 is 5.32 Å². The lowest BCUT2D eigenvalue weighted by Crippen LogP contribution is -2.40. The smallest absolute Gasteiger partial charge is 0.257 e. The van der Waals surface area contributed by atoms with Gasteiger partial charge in [0.15, 0.2) is 5.13 Å². The number of rotatable bonds is 4. The Morgan fingerprint density at radius 2 is 1.72 bits per heavy atom. The number of thiazole rings is 1. The summed E-state index contributed by atoms with van der Waals surface area (Å²) in [7, 11) is 0. The van der Waals surface area contributed by atoms with Crippen LogP contribution in [0.4, 0.5) is 5.13 Å². The molecule has 0 radical (unpaired) electrons. The zero-order valence-electron chi connectivity index (χ0n) is 15.4. The van der Waals surface area contributed by atoms with E-state index in [1.165, 1.54) is 11.3 Å². The summed E-state index contributed by atoms with van der Waals surface area (Å²) in [5.41, 5.74) is 2.54. The second kappa shape index (κ2) is 8.73. The van der Waals surface area contributed by atoms with Gasteiger partial charge in [0.25, 0.3) is 11.8 Å². The van der Waals surface area contributed by atoms with Gasteiger partial charge in [-0.3, -0.25) is 14.9 Å². The van der Waals surface area contributed by atoms with E-state index in [1.807, 2.05) is 23.6 Å². The van der Waals surface area contributed by atoms with Crippen molar-refractivity contribution in [3.05, 3.63) is 70.1 Å². The summed E-state index contributed by atoms with van der Waals surface area (Å²) in [5, 5.41) is 5.73. The first kappa shape index (κ1) is 19.6. The maximum Gasteiger partial charge on any atom is 0.257 e. The maximum atomic E-state index is 12.5. The van der Waals surface area contributed by atoms with Gasteiger partial charge in [0.2, 0.25) is 0 Å². The minimum absolute atomic E-state index is 0.0513. The van der Waals surface area contributed by atoms with Crippen molar-refractivity contribution in [2.75, 3.05) is 31.6 Å². The normalized spacial score (nSPS) is 13.9. The van der Waals surface area contributed by atoms with E-state index >= 15 is 0 Å². The van der Waals surface area contributed by atoms with Gasteiger partial charge in [-0.25, -0.2) is 4.98 Å². The molecule has 1 fully saturated rings. The molecule has 1 aromatic heterocycles. The number of halogens is 1. The van der Waals surface area contributed by atoms with E-state index < -0.39 is 0 Å². The van der Waals surface area contributed by atoms with Gasteiger partial charge in [-0.05, 0) is 30.3 Å². The van der Waals surface area contributed by atoms with Crippen LogP contribution in [0.1, 0.15) is 20.7 Å². The van der Waals surface area contributed by atoms with Crippen molar-refractivity contribution < 1.29 is 14.3 Å². The van der Waals surface area contributed by atoms with Crippen molar-refractivity contribution in [2.24, 2.45) is 0 Å². The molecule has 0 atom stereocenters. The molecule has 6 nitrogen and oxygen atoms in total. The fourth-order valence-electron chi connectivity index (χ4n) is 3.01. The molecule has 3 aromatic rings. The van der Waals surface area contributed by atoms with Crippen molar-refractivity contribution in [2.45, 2.75) is 0 Å². The Kier molecular flexibility index (Phi) is 5.89. The molecule has 1 aliphatic heterocycles. The Balaban J connectivity index is 1.42. The third-order valence-corrected chi connectivity index (χ3v) is 5.65. The van der Waals surface area contributed by atoms with Crippen molar-refractivity contribution in [3.63, 3.8) is 0 Å². The highest BCUT2D eigenvalue weighted by Gasteiger charge is 2.19. The number of hydrogen-bond acceptors (Lipinski definition) is 5. The van der Waals surface area contributed by atoms with Crippen LogP contribution in [0.5, 0.6) is 0 Å². The van der Waals surface area contributed by atoms with E-state index in [1.54, 1.807) is 35.2 Å². The van der Waals surface area contributed by atoms with Crippen molar-refractivity contribution in [3.8, 4) is 11.3 Å². The number of benzene rings is 2. The number of aromatic nitrogens is 1. The van der Waals surface area contributed by atoms with Crippen molar-refractivity contribution in [1.82, 2.24) is 9.88 Å². The van der Waals surface area contributed by atoms with Gasteiger partial charge in [0.05, 0.1) is 18.9 Å². The fourth-order valence-corrected chi connectivity index (χ4v) is 3.94. The van der Waals surface area contributed by atoms with Gasteiger partial charge in [-0.2, -0.15) is 0 Å². The number of carbonyl (C=O) groups excluding carboxylic acids is 2. The lowest BCUT2D eigenvalue weighted by molar-refractivity contribution is 0.0303. The Hall–Kier alpha value is -2.74. The first-order chi connectivity index (χ1) is 14.1. The molecular formula is C21H18ClN3O3S. The van der Waals surface area contributed by atoms with Crippen LogP contribution >= 0.6 is 22.9 Å². The van der Waals surface area contributed by atoms with Crippen LogP contribution in [-0.2, 0) is 4.74 Å². The summed E-state index contributed by atoms with van der Waals surface area (Å²) < 4.78 is 5.27. The fraction of sp³-hybridized carbons (Fsp3) is 0.190. The molecule has 8 heteroatoms. The molecule has 2 heterocycles. The molecule has 1 N–H and O–H groups in total. The largest absolute Gasteiger partial charge is 0.378 e. The summed E-state index contributed by atoms with van der Waals surface area (Å²) in [5.74, 6) is -0.333. The zero-order valence-corrected chi connectivity index (χ0v) is 17.0. The first-order valence-electron chi connectivity index (χ1n) is 9.11. The summed E-state index contributed by atoms with van der Waals surface area (Å²) in [6.07, 6.45) is 0. The van der Waals surface area contributed by atoms with Crippen LogP contribution in [0.25, 0.3) is 11.3 Å². The van der Waals surface area contributed by atoms with Gasteiger partial charge >= 0.3 is 0 Å². The van der Waals surface area contributed by atoms with Crippen LogP contribution in [0.15, 0.2) is 53.9 Å². The molecule has 148 valence electrons. The maximum absolute atomic E-state index is 12.5. The van der Waals surface area contributed by atoms with Gasteiger partial charge in [-0.15, -0.1) is 11.3 Å². The monoisotopic (exact) mass is 427 g/mol. The number of morpholine rings is 1. The quantitative estimate of drug-likeness (QED) is 0.677. The topological polar surface area (TPSA) is 71.5 Å². The molecule has 4 rings (SSSR count). The number of carbonyl (C=O) groups is 2. The average molecular weight is 428 g/mol. The number of amides is 2. The number of nitrogens with zero attached hydrogens (tertiary/aromatic N) is 2. The summed E-state index contributed by atoms with van der Waals surface area (Å²) >= 11 is 7.53. The van der Waals surface area contributed by atoms with Gasteiger partial charge in [0.1, 0.15) is 0 Å². The second-order valence-corrected chi connectivity index (χ2v) is 7.72. The third kappa shape index (κ3) is 4.48. The number of anilines is 1. The van der Waals surface area contributed by atoms with Gasteiger partial charge in [0, 0.05) is 40.2 Å². The molecule has 1 aliphatic rings. The lowest BCUT2D eigenvalue weighted by Gasteiger charge is -2.26. The predicted octanol–water partition coefficient (Wildman–Crippen LogP) is 4.19. The summed E-state index contributed by atoms with van der Waals surface area (Å²) in [6.45, 7) is 2.27. The first-order valence-corrected chi connectivity index (χ1v) is 10.4. The molecule has 0 spiro atoms. The molecule has 0 aliphatic carbocycles. The highest BCUT2D eigenvalue weighted by molar-refractivity contribution is 7.14. The highest BCUT2D eigenvalue weighted by Crippen LogP contribution is 2.30. The Morgan fingerprint density at radius 3 is 2.45 bits per heavy atom. The molecule has 2 aromatic carbocycles. The van der Waals surface area contributed by atoms with Crippen LogP contribution in [0.2, 0.25) is 5.02 Å². The Morgan fingerprint density at radius 1 is 1.03 bits per heavy atom. The van der Waals surface area contributed by atoms with Gasteiger partial charge < -0.3 is 9.64 Å². The standard InChI is InChI=1S/C21H18ClN3O3S/c22-17-4-2-1-3-16(17)18-13-29-21(23-18)24-19(26)14-5-7-15(8-6-14)20(27)25-9-11-28-12-10-25/h1-8,13H,9-12H2,(H,23,24,26). The minimum atomic E-state index is -0.282. The van der Waals surface area contributed by atoms with E-state index in [2.05, 4.69) is 10.3 Å². The van der Waals surface area contributed by atoms with Crippen molar-refractivity contribution in [1.29, 1.82) is 0 Å². The summed E-state index contributed by atoms with van der Waals surface area (Å²) in [6, 6.07) is 14.1. The zero-order chi connectivity index (χ0) is 20.2.